The zero-order valence-corrected chi connectivity index (χ0v) is 12.3. The number of aryl methyl sites for hydroxylation is 1. The third-order valence-corrected chi connectivity index (χ3v) is 3.44. The van der Waals surface area contributed by atoms with Crippen LogP contribution >= 0.6 is 0 Å². The van der Waals surface area contributed by atoms with E-state index in [1.54, 1.807) is 25.3 Å². The molecule has 4 heteroatoms. The van der Waals surface area contributed by atoms with E-state index in [9.17, 15) is 4.79 Å². The van der Waals surface area contributed by atoms with Gasteiger partial charge in [0.15, 0.2) is 0 Å². The van der Waals surface area contributed by atoms with E-state index >= 15 is 0 Å². The molecule has 110 valence electrons. The topological polar surface area (TPSA) is 64.3 Å². The second-order valence-electron chi connectivity index (χ2n) is 4.76. The maximum atomic E-state index is 12.2. The van der Waals surface area contributed by atoms with Crippen molar-refractivity contribution in [1.82, 2.24) is 5.32 Å². The second-order valence-corrected chi connectivity index (χ2v) is 4.76. The first-order chi connectivity index (χ1) is 10.2. The summed E-state index contributed by atoms with van der Waals surface area (Å²) < 4.78 is 5.08. The minimum Gasteiger partial charge on any atom is -0.497 e. The Labute approximate surface area is 124 Å². The van der Waals surface area contributed by atoms with Crippen LogP contribution < -0.4 is 15.8 Å². The van der Waals surface area contributed by atoms with E-state index in [2.05, 4.69) is 18.3 Å². The van der Waals surface area contributed by atoms with Crippen molar-refractivity contribution in [3.63, 3.8) is 0 Å². The molecule has 0 aliphatic rings. The number of ether oxygens (including phenoxy) is 1. The van der Waals surface area contributed by atoms with Crippen LogP contribution in [0.2, 0.25) is 0 Å². The lowest BCUT2D eigenvalue weighted by atomic mass is 10.1. The van der Waals surface area contributed by atoms with Crippen LogP contribution in [0.25, 0.3) is 0 Å². The molecule has 0 saturated carbocycles. The molecule has 2 rings (SSSR count). The summed E-state index contributed by atoms with van der Waals surface area (Å²) in [6, 6.07) is 13.1. The van der Waals surface area contributed by atoms with Crippen LogP contribution in [0.3, 0.4) is 0 Å². The summed E-state index contributed by atoms with van der Waals surface area (Å²) in [6.07, 6.45) is 0.941. The number of nitrogen functional groups attached to an aromatic ring is 1. The van der Waals surface area contributed by atoms with Gasteiger partial charge in [-0.25, -0.2) is 0 Å². The molecular weight excluding hydrogens is 264 g/mol. The number of methoxy groups -OCH3 is 1. The van der Waals surface area contributed by atoms with Gasteiger partial charge in [0, 0.05) is 18.3 Å². The van der Waals surface area contributed by atoms with Crippen LogP contribution in [0.5, 0.6) is 5.75 Å². The summed E-state index contributed by atoms with van der Waals surface area (Å²) >= 11 is 0. The van der Waals surface area contributed by atoms with Crippen molar-refractivity contribution in [2.75, 3.05) is 12.8 Å². The number of nitrogens with one attached hydrogen (secondary N) is 1. The van der Waals surface area contributed by atoms with Gasteiger partial charge in [0.05, 0.1) is 12.7 Å². The van der Waals surface area contributed by atoms with Gasteiger partial charge in [-0.2, -0.15) is 0 Å². The molecule has 0 fully saturated rings. The molecule has 0 radical (unpaired) electrons. The van der Waals surface area contributed by atoms with Crippen LogP contribution in [0.15, 0.2) is 42.5 Å². The molecule has 4 nitrogen and oxygen atoms in total. The number of nitrogens with two attached hydrogens (primary N) is 1. The molecule has 2 aromatic rings. The molecule has 0 unspecified atom stereocenters. The first-order valence-electron chi connectivity index (χ1n) is 6.94. The van der Waals surface area contributed by atoms with Gasteiger partial charge in [0.25, 0.3) is 5.91 Å². The molecule has 0 spiro atoms. The van der Waals surface area contributed by atoms with Crippen LogP contribution in [0, 0.1) is 0 Å². The lowest BCUT2D eigenvalue weighted by Gasteiger charge is -2.11. The molecule has 0 atom stereocenters. The van der Waals surface area contributed by atoms with Crippen molar-refractivity contribution in [3.8, 4) is 5.75 Å². The monoisotopic (exact) mass is 284 g/mol. The minimum absolute atomic E-state index is 0.180. The SMILES string of the molecule is CCc1ccccc1CNC(=O)c1ccc(OC)cc1N. The first-order valence-corrected chi connectivity index (χ1v) is 6.94. The molecule has 0 aromatic heterocycles. The van der Waals surface area contributed by atoms with E-state index in [0.29, 0.717) is 23.5 Å². The lowest BCUT2D eigenvalue weighted by Crippen LogP contribution is -2.24. The number of carbonyl (C=O) groups is 1. The highest BCUT2D eigenvalue weighted by Crippen LogP contribution is 2.19. The predicted molar refractivity (Wildman–Crippen MR) is 84.4 cm³/mol. The molecule has 3 N–H and O–H groups in total. The molecule has 21 heavy (non-hydrogen) atoms. The fraction of sp³-hybridized carbons (Fsp3) is 0.235. The van der Waals surface area contributed by atoms with Crippen LogP contribution in [-0.4, -0.2) is 13.0 Å². The summed E-state index contributed by atoms with van der Waals surface area (Å²) in [6.45, 7) is 2.59. The highest BCUT2D eigenvalue weighted by Gasteiger charge is 2.10. The molecule has 0 aliphatic carbocycles. The van der Waals surface area contributed by atoms with E-state index in [-0.39, 0.29) is 5.91 Å². The number of anilines is 1. The predicted octanol–water partition coefficient (Wildman–Crippen LogP) is 2.77. The molecule has 0 saturated heterocycles. The standard InChI is InChI=1S/C17H20N2O2/c1-3-12-6-4-5-7-13(12)11-19-17(20)15-9-8-14(21-2)10-16(15)18/h4-10H,3,11,18H2,1-2H3,(H,19,20). The average molecular weight is 284 g/mol. The number of carbonyl (C=O) groups excluding carboxylic acids is 1. The van der Waals surface area contributed by atoms with E-state index in [4.69, 9.17) is 10.5 Å². The van der Waals surface area contributed by atoms with Crippen LogP contribution in [0.4, 0.5) is 5.69 Å². The number of amides is 1. The van der Waals surface area contributed by atoms with Gasteiger partial charge < -0.3 is 15.8 Å². The van der Waals surface area contributed by atoms with Crippen molar-refractivity contribution >= 4 is 11.6 Å². The van der Waals surface area contributed by atoms with Crippen molar-refractivity contribution in [3.05, 3.63) is 59.2 Å². The van der Waals surface area contributed by atoms with E-state index in [1.807, 2.05) is 18.2 Å². The van der Waals surface area contributed by atoms with Crippen molar-refractivity contribution in [1.29, 1.82) is 0 Å². The maximum Gasteiger partial charge on any atom is 0.253 e. The lowest BCUT2D eigenvalue weighted by molar-refractivity contribution is 0.0951. The Morgan fingerprint density at radius 3 is 2.52 bits per heavy atom. The summed E-state index contributed by atoms with van der Waals surface area (Å²) in [5, 5.41) is 2.91. The smallest absolute Gasteiger partial charge is 0.253 e. The summed E-state index contributed by atoms with van der Waals surface area (Å²) in [7, 11) is 1.57. The van der Waals surface area contributed by atoms with Crippen LogP contribution in [-0.2, 0) is 13.0 Å². The Morgan fingerprint density at radius 2 is 1.90 bits per heavy atom. The Balaban J connectivity index is 2.08. The van der Waals surface area contributed by atoms with Crippen LogP contribution in [0.1, 0.15) is 28.4 Å². The third kappa shape index (κ3) is 3.54. The summed E-state index contributed by atoms with van der Waals surface area (Å²) in [5.41, 5.74) is 9.12. The quantitative estimate of drug-likeness (QED) is 0.830. The Hall–Kier alpha value is -2.49. The molecule has 2 aromatic carbocycles. The zero-order valence-electron chi connectivity index (χ0n) is 12.3. The van der Waals surface area contributed by atoms with Crippen molar-refractivity contribution in [2.45, 2.75) is 19.9 Å². The maximum absolute atomic E-state index is 12.2. The Kier molecular flexibility index (Phi) is 4.82. The van der Waals surface area contributed by atoms with Gasteiger partial charge in [-0.1, -0.05) is 31.2 Å². The highest BCUT2D eigenvalue weighted by molar-refractivity contribution is 5.99. The fourth-order valence-electron chi connectivity index (χ4n) is 2.22. The van der Waals surface area contributed by atoms with Gasteiger partial charge in [0.2, 0.25) is 0 Å². The van der Waals surface area contributed by atoms with Gasteiger partial charge in [-0.15, -0.1) is 0 Å². The van der Waals surface area contributed by atoms with E-state index in [0.717, 1.165) is 12.0 Å². The van der Waals surface area contributed by atoms with Gasteiger partial charge in [0.1, 0.15) is 5.75 Å². The summed E-state index contributed by atoms with van der Waals surface area (Å²) in [4.78, 5) is 12.2. The number of hydrogen-bond donors (Lipinski definition) is 2. The van der Waals surface area contributed by atoms with Crippen molar-refractivity contribution < 1.29 is 9.53 Å². The average Bonchev–Trinajstić information content (AvgIpc) is 2.52. The van der Waals surface area contributed by atoms with Gasteiger partial charge in [-0.05, 0) is 29.7 Å². The summed E-state index contributed by atoms with van der Waals surface area (Å²) in [5.74, 6) is 0.460. The largest absolute Gasteiger partial charge is 0.497 e. The Morgan fingerprint density at radius 1 is 1.19 bits per heavy atom. The number of hydrogen-bond acceptors (Lipinski definition) is 3. The van der Waals surface area contributed by atoms with Gasteiger partial charge >= 0.3 is 0 Å². The van der Waals surface area contributed by atoms with Crippen molar-refractivity contribution in [2.24, 2.45) is 0 Å². The minimum atomic E-state index is -0.180. The highest BCUT2D eigenvalue weighted by atomic mass is 16.5. The fourth-order valence-corrected chi connectivity index (χ4v) is 2.22. The molecule has 0 bridgehead atoms. The normalized spacial score (nSPS) is 10.2. The van der Waals surface area contributed by atoms with E-state index < -0.39 is 0 Å². The molecule has 1 amide bonds. The second kappa shape index (κ2) is 6.79. The van der Waals surface area contributed by atoms with E-state index in [1.165, 1.54) is 5.56 Å². The third-order valence-electron chi connectivity index (χ3n) is 3.44. The molecule has 0 aliphatic heterocycles. The molecular formula is C17H20N2O2. The zero-order chi connectivity index (χ0) is 15.2. The number of benzene rings is 2. The first kappa shape index (κ1) is 14.9. The Bertz CT molecular complexity index is 638. The molecule has 0 heterocycles. The number of rotatable bonds is 5. The van der Waals surface area contributed by atoms with Gasteiger partial charge in [-0.3, -0.25) is 4.79 Å².